The molecule has 0 aromatic heterocycles. The Morgan fingerprint density at radius 3 is 1.43 bits per heavy atom. The number of rotatable bonds is 44. The topological polar surface area (TPSA) is 192 Å². The molecule has 1 fully saturated rings. The number of aliphatic hydroxyl groups is 4. The van der Waals surface area contributed by atoms with Gasteiger partial charge in [-0.05, 0) is 44.9 Å². The number of unbranched alkanes of at least 4 members (excludes halogenated alkanes) is 30. The van der Waals surface area contributed by atoms with E-state index in [9.17, 15) is 38.2 Å². The van der Waals surface area contributed by atoms with Crippen molar-refractivity contribution in [2.75, 3.05) is 13.2 Å². The van der Waals surface area contributed by atoms with E-state index < -0.39 is 59.9 Å². The van der Waals surface area contributed by atoms with Crippen LogP contribution < -0.4 is 5.32 Å². The maximum Gasteiger partial charge on any atom is 0.397 e. The van der Waals surface area contributed by atoms with Crippen molar-refractivity contribution in [3.8, 4) is 0 Å². The molecular formula is C50H95NO11S. The summed E-state index contributed by atoms with van der Waals surface area (Å²) in [6.45, 7) is 3.39. The Labute approximate surface area is 384 Å². The Kier molecular flexibility index (Phi) is 38.6. The van der Waals surface area contributed by atoms with Gasteiger partial charge in [-0.25, -0.2) is 4.18 Å². The molecule has 7 atom stereocenters. The molecule has 0 saturated carbocycles. The van der Waals surface area contributed by atoms with Crippen LogP contribution >= 0.6 is 0 Å². The SMILES string of the molecule is CCCCCCCCC=CCCCCCCCCCCCCCCCC(=O)NC(COC1OC(CO)C(O)C(OS(=O)(=O)O)C1O)C(O)C=CCCCCCCCCCCCCC. The highest BCUT2D eigenvalue weighted by molar-refractivity contribution is 7.80. The molecular weight excluding hydrogens is 823 g/mol. The number of carbonyl (C=O) groups excluding carboxylic acids is 1. The van der Waals surface area contributed by atoms with Crippen LogP contribution in [0.2, 0.25) is 0 Å². The van der Waals surface area contributed by atoms with Crippen LogP contribution in [0.1, 0.15) is 232 Å². The van der Waals surface area contributed by atoms with E-state index >= 15 is 0 Å². The summed E-state index contributed by atoms with van der Waals surface area (Å²) in [5, 5.41) is 44.8. The molecule has 12 nitrogen and oxygen atoms in total. The first-order valence-corrected chi connectivity index (χ1v) is 27.1. The molecule has 0 aliphatic carbocycles. The molecule has 6 N–H and O–H groups in total. The molecule has 1 rings (SSSR count). The first-order chi connectivity index (χ1) is 30.5. The average Bonchev–Trinajstić information content (AvgIpc) is 3.25. The smallest absolute Gasteiger partial charge is 0.394 e. The number of amides is 1. The number of carbonyl (C=O) groups is 1. The fourth-order valence-corrected chi connectivity index (χ4v) is 8.72. The molecule has 0 aromatic carbocycles. The molecule has 372 valence electrons. The minimum Gasteiger partial charge on any atom is -0.394 e. The summed E-state index contributed by atoms with van der Waals surface area (Å²) >= 11 is 0. The number of aliphatic hydroxyl groups excluding tert-OH is 4. The predicted molar refractivity (Wildman–Crippen MR) is 255 cm³/mol. The first kappa shape index (κ1) is 59.6. The van der Waals surface area contributed by atoms with Crippen LogP contribution in [0, 0.1) is 0 Å². The van der Waals surface area contributed by atoms with Crippen molar-refractivity contribution >= 4 is 16.3 Å². The largest absolute Gasteiger partial charge is 0.397 e. The zero-order valence-corrected chi connectivity index (χ0v) is 40.7. The summed E-state index contributed by atoms with van der Waals surface area (Å²) < 4.78 is 47.7. The molecule has 1 aliphatic rings. The van der Waals surface area contributed by atoms with Crippen LogP contribution in [-0.2, 0) is 28.9 Å². The van der Waals surface area contributed by atoms with Crippen molar-refractivity contribution in [1.29, 1.82) is 0 Å². The van der Waals surface area contributed by atoms with Gasteiger partial charge in [0.25, 0.3) is 0 Å². The van der Waals surface area contributed by atoms with Crippen molar-refractivity contribution < 1.29 is 51.8 Å². The normalized spacial score (nSPS) is 20.5. The second kappa shape index (κ2) is 40.8. The fourth-order valence-electron chi connectivity index (χ4n) is 8.21. The minimum absolute atomic E-state index is 0.261. The van der Waals surface area contributed by atoms with Gasteiger partial charge in [0, 0.05) is 6.42 Å². The zero-order valence-electron chi connectivity index (χ0n) is 39.9. The standard InChI is InChI=1S/C50H95NO11S/c1-3-5-7-9-11-13-15-17-18-19-20-21-22-23-24-25-26-28-30-32-34-36-38-40-46(54)51-43(44(53)39-37-35-33-31-29-27-16-14-12-10-8-6-4-2)42-60-50-48(56)49(62-63(57,58)59)47(55)45(41-52)61-50/h17-18,37,39,43-45,47-50,52-53,55-56H,3-16,19-36,38,40-42H2,1-2H3,(H,51,54)(H,57,58,59). The molecule has 1 heterocycles. The van der Waals surface area contributed by atoms with Gasteiger partial charge < -0.3 is 35.2 Å². The maximum absolute atomic E-state index is 13.1. The molecule has 0 aromatic rings. The van der Waals surface area contributed by atoms with Crippen molar-refractivity contribution in [3.05, 3.63) is 24.3 Å². The van der Waals surface area contributed by atoms with E-state index in [0.717, 1.165) is 38.5 Å². The second-order valence-electron chi connectivity index (χ2n) is 18.1. The summed E-state index contributed by atoms with van der Waals surface area (Å²) in [5.74, 6) is -0.261. The lowest BCUT2D eigenvalue weighted by Crippen LogP contribution is -2.61. The monoisotopic (exact) mass is 918 g/mol. The number of hydrogen-bond donors (Lipinski definition) is 6. The lowest BCUT2D eigenvalue weighted by molar-refractivity contribution is -0.298. The van der Waals surface area contributed by atoms with Crippen LogP contribution in [0.5, 0.6) is 0 Å². The minimum atomic E-state index is -5.08. The molecule has 7 unspecified atom stereocenters. The van der Waals surface area contributed by atoms with Crippen LogP contribution in [0.15, 0.2) is 24.3 Å². The summed E-state index contributed by atoms with van der Waals surface area (Å²) in [5.41, 5.74) is 0. The van der Waals surface area contributed by atoms with E-state index in [-0.39, 0.29) is 18.9 Å². The van der Waals surface area contributed by atoms with Gasteiger partial charge in [0.2, 0.25) is 5.91 Å². The van der Waals surface area contributed by atoms with Gasteiger partial charge in [-0.1, -0.05) is 205 Å². The Morgan fingerprint density at radius 1 is 0.619 bits per heavy atom. The quantitative estimate of drug-likeness (QED) is 0.0194. The number of hydrogen-bond acceptors (Lipinski definition) is 10. The third-order valence-corrected chi connectivity index (χ3v) is 12.7. The van der Waals surface area contributed by atoms with Crippen molar-refractivity contribution in [2.45, 2.75) is 275 Å². The van der Waals surface area contributed by atoms with E-state index in [2.05, 4.69) is 35.5 Å². The van der Waals surface area contributed by atoms with E-state index in [1.165, 1.54) is 167 Å². The predicted octanol–water partition coefficient (Wildman–Crippen LogP) is 10.9. The highest BCUT2D eigenvalue weighted by Gasteiger charge is 2.48. The highest BCUT2D eigenvalue weighted by atomic mass is 32.3. The third kappa shape index (κ3) is 33.7. The zero-order chi connectivity index (χ0) is 46.2. The first-order valence-electron chi connectivity index (χ1n) is 25.7. The summed E-state index contributed by atoms with van der Waals surface area (Å²) in [6.07, 6.45) is 39.3. The van der Waals surface area contributed by atoms with E-state index in [1.807, 2.05) is 6.08 Å². The molecule has 1 saturated heterocycles. The Morgan fingerprint density at radius 2 is 1.02 bits per heavy atom. The lowest BCUT2D eigenvalue weighted by Gasteiger charge is -2.41. The molecule has 0 spiro atoms. The van der Waals surface area contributed by atoms with Crippen molar-refractivity contribution in [3.63, 3.8) is 0 Å². The molecule has 0 radical (unpaired) electrons. The molecule has 1 aliphatic heterocycles. The van der Waals surface area contributed by atoms with E-state index in [1.54, 1.807) is 6.08 Å². The number of allylic oxidation sites excluding steroid dienone is 3. The second-order valence-corrected chi connectivity index (χ2v) is 19.2. The summed E-state index contributed by atoms with van der Waals surface area (Å²) in [6, 6.07) is -0.941. The van der Waals surface area contributed by atoms with Gasteiger partial charge in [-0.3, -0.25) is 9.35 Å². The molecule has 13 heteroatoms. The van der Waals surface area contributed by atoms with Crippen LogP contribution in [0.4, 0.5) is 0 Å². The molecule has 0 bridgehead atoms. The van der Waals surface area contributed by atoms with E-state index in [4.69, 9.17) is 9.47 Å². The van der Waals surface area contributed by atoms with Crippen molar-refractivity contribution in [1.82, 2.24) is 5.32 Å². The lowest BCUT2D eigenvalue weighted by atomic mass is 9.99. The number of ether oxygens (including phenoxy) is 2. The Bertz CT molecular complexity index is 1220. The molecule has 63 heavy (non-hydrogen) atoms. The van der Waals surface area contributed by atoms with Gasteiger partial charge in [-0.15, -0.1) is 0 Å². The Balaban J connectivity index is 2.40. The van der Waals surface area contributed by atoms with Gasteiger partial charge in [0.1, 0.15) is 24.4 Å². The van der Waals surface area contributed by atoms with Gasteiger partial charge in [-0.2, -0.15) is 8.42 Å². The van der Waals surface area contributed by atoms with Gasteiger partial charge in [0.05, 0.1) is 25.4 Å². The van der Waals surface area contributed by atoms with Crippen LogP contribution in [-0.4, -0.2) is 95.4 Å². The highest BCUT2D eigenvalue weighted by Crippen LogP contribution is 2.26. The van der Waals surface area contributed by atoms with Crippen molar-refractivity contribution in [2.24, 2.45) is 0 Å². The van der Waals surface area contributed by atoms with Gasteiger partial charge in [0.15, 0.2) is 6.29 Å². The van der Waals surface area contributed by atoms with Gasteiger partial charge >= 0.3 is 10.4 Å². The van der Waals surface area contributed by atoms with Crippen LogP contribution in [0.3, 0.4) is 0 Å². The van der Waals surface area contributed by atoms with Crippen LogP contribution in [0.25, 0.3) is 0 Å². The van der Waals surface area contributed by atoms with E-state index in [0.29, 0.717) is 6.42 Å². The summed E-state index contributed by atoms with van der Waals surface area (Å²) in [7, 11) is -5.08. The average molecular weight is 918 g/mol. The Hall–Kier alpha value is -1.42. The summed E-state index contributed by atoms with van der Waals surface area (Å²) in [4.78, 5) is 13.1. The molecule has 1 amide bonds. The third-order valence-electron chi connectivity index (χ3n) is 12.2. The number of nitrogens with one attached hydrogen (secondary N) is 1. The fraction of sp³-hybridized carbons (Fsp3) is 0.900. The maximum atomic E-state index is 13.1.